The molecular formula is C20H23ClFN3O3S. The van der Waals surface area contributed by atoms with E-state index in [9.17, 15) is 17.6 Å². The molecule has 1 atom stereocenters. The van der Waals surface area contributed by atoms with Gasteiger partial charge in [0.05, 0.1) is 22.9 Å². The molecule has 0 aliphatic carbocycles. The largest absolute Gasteiger partial charge is 0.335 e. The Morgan fingerprint density at radius 2 is 2.07 bits per heavy atom. The molecule has 6 nitrogen and oxygen atoms in total. The van der Waals surface area contributed by atoms with Crippen molar-refractivity contribution in [2.45, 2.75) is 32.7 Å². The molecule has 2 heterocycles. The summed E-state index contributed by atoms with van der Waals surface area (Å²) in [4.78, 5) is 14.4. The maximum atomic E-state index is 13.2. The second-order valence-corrected chi connectivity index (χ2v) is 9.69. The first kappa shape index (κ1) is 21.5. The lowest BCUT2D eigenvalue weighted by atomic mass is 10.2. The number of hydrogen-bond acceptors (Lipinski definition) is 4. The molecule has 1 aromatic heterocycles. The van der Waals surface area contributed by atoms with Gasteiger partial charge in [0.1, 0.15) is 11.0 Å². The predicted octanol–water partition coefficient (Wildman–Crippen LogP) is 3.41. The molecule has 1 amide bonds. The second-order valence-electron chi connectivity index (χ2n) is 7.10. The van der Waals surface area contributed by atoms with Crippen LogP contribution in [0.3, 0.4) is 0 Å². The number of carbonyl (C=O) groups is 1. The number of hydrogen-bond donors (Lipinski definition) is 0. The first-order valence-corrected chi connectivity index (χ1v) is 11.6. The maximum Gasteiger partial charge on any atom is 0.246 e. The third kappa shape index (κ3) is 4.87. The molecule has 1 aliphatic rings. The lowest BCUT2D eigenvalue weighted by Gasteiger charge is -2.26. The summed E-state index contributed by atoms with van der Waals surface area (Å²) in [5, 5.41) is 4.68. The van der Waals surface area contributed by atoms with Gasteiger partial charge in [-0.05, 0) is 50.1 Å². The number of halogens is 2. The van der Waals surface area contributed by atoms with Crippen molar-refractivity contribution < 1.29 is 17.6 Å². The van der Waals surface area contributed by atoms with Gasteiger partial charge in [0, 0.05) is 24.2 Å². The van der Waals surface area contributed by atoms with Crippen LogP contribution in [0.1, 0.15) is 31.0 Å². The van der Waals surface area contributed by atoms with E-state index in [4.69, 9.17) is 11.6 Å². The minimum Gasteiger partial charge on any atom is -0.335 e. The van der Waals surface area contributed by atoms with Crippen molar-refractivity contribution in [3.63, 3.8) is 0 Å². The van der Waals surface area contributed by atoms with Gasteiger partial charge in [-0.2, -0.15) is 5.10 Å². The smallest absolute Gasteiger partial charge is 0.246 e. The first-order chi connectivity index (χ1) is 13.7. The number of rotatable bonds is 6. The molecule has 0 bridgehead atoms. The lowest BCUT2D eigenvalue weighted by molar-refractivity contribution is -0.127. The van der Waals surface area contributed by atoms with E-state index in [0.717, 1.165) is 6.42 Å². The summed E-state index contributed by atoms with van der Waals surface area (Å²) in [7, 11) is -3.08. The van der Waals surface area contributed by atoms with Gasteiger partial charge in [-0.3, -0.25) is 4.79 Å². The SMILES string of the molecule is CCCN(C(=O)/C=C/c1c(C)nn(-c2ccc(F)cc2)c1Cl)C1CCS(=O)(=O)C1. The molecule has 29 heavy (non-hydrogen) atoms. The Kier molecular flexibility index (Phi) is 6.43. The highest BCUT2D eigenvalue weighted by Crippen LogP contribution is 2.25. The van der Waals surface area contributed by atoms with Gasteiger partial charge in [-0.25, -0.2) is 17.5 Å². The maximum absolute atomic E-state index is 13.2. The van der Waals surface area contributed by atoms with Gasteiger partial charge < -0.3 is 4.90 Å². The van der Waals surface area contributed by atoms with Crippen molar-refractivity contribution >= 4 is 33.4 Å². The van der Waals surface area contributed by atoms with Crippen molar-refractivity contribution in [1.82, 2.24) is 14.7 Å². The van der Waals surface area contributed by atoms with Crippen LogP contribution in [0, 0.1) is 12.7 Å². The summed E-state index contributed by atoms with van der Waals surface area (Å²) in [5.41, 5.74) is 1.81. The monoisotopic (exact) mass is 439 g/mol. The fourth-order valence-electron chi connectivity index (χ4n) is 3.44. The molecule has 0 spiro atoms. The van der Waals surface area contributed by atoms with E-state index < -0.39 is 9.84 Å². The average molecular weight is 440 g/mol. The number of carbonyl (C=O) groups excluding carboxylic acids is 1. The van der Waals surface area contributed by atoms with Crippen LogP contribution in [-0.2, 0) is 14.6 Å². The molecule has 3 rings (SSSR count). The van der Waals surface area contributed by atoms with Gasteiger partial charge in [0.15, 0.2) is 9.84 Å². The number of aromatic nitrogens is 2. The van der Waals surface area contributed by atoms with E-state index in [1.165, 1.54) is 22.9 Å². The summed E-state index contributed by atoms with van der Waals surface area (Å²) in [5.74, 6) is -0.484. The van der Waals surface area contributed by atoms with Crippen LogP contribution < -0.4 is 0 Å². The van der Waals surface area contributed by atoms with Gasteiger partial charge in [-0.15, -0.1) is 0 Å². The van der Waals surface area contributed by atoms with Gasteiger partial charge in [-0.1, -0.05) is 18.5 Å². The van der Waals surface area contributed by atoms with Crippen LogP contribution in [0.4, 0.5) is 4.39 Å². The Morgan fingerprint density at radius 1 is 1.38 bits per heavy atom. The molecule has 1 unspecified atom stereocenters. The van der Waals surface area contributed by atoms with Crippen LogP contribution in [0.25, 0.3) is 11.8 Å². The molecule has 1 aliphatic heterocycles. The zero-order valence-electron chi connectivity index (χ0n) is 16.3. The van der Waals surface area contributed by atoms with Crippen LogP contribution in [0.2, 0.25) is 5.15 Å². The Hall–Kier alpha value is -2.19. The van der Waals surface area contributed by atoms with Crippen LogP contribution in [0.5, 0.6) is 0 Å². The summed E-state index contributed by atoms with van der Waals surface area (Å²) < 4.78 is 38.2. The van der Waals surface area contributed by atoms with E-state index in [2.05, 4.69) is 5.10 Å². The third-order valence-corrected chi connectivity index (χ3v) is 7.02. The Labute approximate surface area is 174 Å². The lowest BCUT2D eigenvalue weighted by Crippen LogP contribution is -2.40. The van der Waals surface area contributed by atoms with E-state index >= 15 is 0 Å². The van der Waals surface area contributed by atoms with Crippen molar-refractivity contribution in [1.29, 1.82) is 0 Å². The number of benzene rings is 1. The van der Waals surface area contributed by atoms with Crippen molar-refractivity contribution in [3.05, 3.63) is 52.6 Å². The fourth-order valence-corrected chi connectivity index (χ4v) is 5.50. The quantitative estimate of drug-likeness (QED) is 0.646. The van der Waals surface area contributed by atoms with Crippen LogP contribution in [0.15, 0.2) is 30.3 Å². The predicted molar refractivity (Wildman–Crippen MR) is 111 cm³/mol. The minimum atomic E-state index is -3.08. The van der Waals surface area contributed by atoms with E-state index in [1.807, 2.05) is 6.92 Å². The molecule has 1 aromatic carbocycles. The van der Waals surface area contributed by atoms with Crippen LogP contribution >= 0.6 is 11.6 Å². The normalized spacial score (nSPS) is 18.4. The van der Waals surface area contributed by atoms with Crippen molar-refractivity contribution in [3.8, 4) is 5.69 Å². The fraction of sp³-hybridized carbons (Fsp3) is 0.400. The van der Waals surface area contributed by atoms with Crippen LogP contribution in [-0.4, -0.2) is 53.1 Å². The summed E-state index contributed by atoms with van der Waals surface area (Å²) in [6, 6.07) is 5.47. The molecule has 0 radical (unpaired) electrons. The van der Waals surface area contributed by atoms with Gasteiger partial charge >= 0.3 is 0 Å². The highest BCUT2D eigenvalue weighted by Gasteiger charge is 2.33. The molecular weight excluding hydrogens is 417 g/mol. The highest BCUT2D eigenvalue weighted by molar-refractivity contribution is 7.91. The molecule has 1 saturated heterocycles. The molecule has 2 aromatic rings. The van der Waals surface area contributed by atoms with Crippen molar-refractivity contribution in [2.24, 2.45) is 0 Å². The van der Waals surface area contributed by atoms with Gasteiger partial charge in [0.25, 0.3) is 0 Å². The third-order valence-electron chi connectivity index (χ3n) is 4.91. The highest BCUT2D eigenvalue weighted by atomic mass is 35.5. The first-order valence-electron chi connectivity index (χ1n) is 9.42. The summed E-state index contributed by atoms with van der Waals surface area (Å²) in [6.45, 7) is 4.20. The molecule has 1 fully saturated rings. The number of aryl methyl sites for hydroxylation is 1. The topological polar surface area (TPSA) is 72.3 Å². The average Bonchev–Trinajstić information content (AvgIpc) is 3.17. The van der Waals surface area contributed by atoms with Crippen molar-refractivity contribution in [2.75, 3.05) is 18.1 Å². The summed E-state index contributed by atoms with van der Waals surface area (Å²) >= 11 is 6.44. The molecule has 156 valence electrons. The van der Waals surface area contributed by atoms with E-state index in [0.29, 0.717) is 35.1 Å². The minimum absolute atomic E-state index is 0.00879. The number of amides is 1. The Morgan fingerprint density at radius 3 is 2.66 bits per heavy atom. The zero-order valence-corrected chi connectivity index (χ0v) is 17.9. The Bertz CT molecular complexity index is 1030. The molecule has 0 N–H and O–H groups in total. The van der Waals surface area contributed by atoms with E-state index in [-0.39, 0.29) is 29.3 Å². The molecule has 0 saturated carbocycles. The zero-order chi connectivity index (χ0) is 21.2. The Balaban J connectivity index is 1.83. The molecule has 9 heteroatoms. The second kappa shape index (κ2) is 8.67. The van der Waals surface area contributed by atoms with Gasteiger partial charge in [0.2, 0.25) is 5.91 Å². The number of sulfone groups is 1. The van der Waals surface area contributed by atoms with E-state index in [1.54, 1.807) is 30.0 Å². The summed E-state index contributed by atoms with van der Waals surface area (Å²) in [6.07, 6.45) is 4.20. The number of nitrogens with zero attached hydrogens (tertiary/aromatic N) is 3. The standard InChI is InChI=1S/C20H23ClFN3O3S/c1-3-11-24(17-10-12-29(27,28)13-17)19(26)9-8-18-14(2)23-25(20(18)21)16-6-4-15(22)5-7-16/h4-9,17H,3,10-13H2,1-2H3/b9-8+.